The molecule has 0 radical (unpaired) electrons. The van der Waals surface area contributed by atoms with Crippen molar-refractivity contribution in [2.24, 2.45) is 23.7 Å². The number of rotatable bonds is 5. The van der Waals surface area contributed by atoms with Crippen LogP contribution < -0.4 is 14.4 Å². The third-order valence-corrected chi connectivity index (χ3v) is 7.07. The highest BCUT2D eigenvalue weighted by atomic mass is 16.5. The molecule has 6 rings (SSSR count). The van der Waals surface area contributed by atoms with Crippen LogP contribution in [0.3, 0.4) is 0 Å². The predicted molar refractivity (Wildman–Crippen MR) is 129 cm³/mol. The number of nitrogens with zero attached hydrogens (tertiary/aromatic N) is 1. The van der Waals surface area contributed by atoms with Crippen LogP contribution in [0.1, 0.15) is 27.1 Å². The fourth-order valence-electron chi connectivity index (χ4n) is 5.46. The fourth-order valence-corrected chi connectivity index (χ4v) is 5.46. The average molecular weight is 479 g/mol. The summed E-state index contributed by atoms with van der Waals surface area (Å²) in [6, 6.07) is 21.1. The Morgan fingerprint density at radius 3 is 2.11 bits per heavy atom. The van der Waals surface area contributed by atoms with E-state index in [2.05, 4.69) is 0 Å². The minimum Gasteiger partial charge on any atom is -0.423 e. The largest absolute Gasteiger partial charge is 0.423 e. The minimum absolute atomic E-state index is 0.0411. The van der Waals surface area contributed by atoms with Gasteiger partial charge >= 0.3 is 11.9 Å². The number of fused-ring (bicyclic) bond motifs is 5. The molecule has 1 aliphatic heterocycles. The number of para-hydroxylation sites is 2. The first kappa shape index (κ1) is 22.0. The summed E-state index contributed by atoms with van der Waals surface area (Å²) >= 11 is 0. The Bertz CT molecular complexity index is 1400. The molecule has 3 aliphatic rings. The second kappa shape index (κ2) is 8.61. The molecule has 36 heavy (non-hydrogen) atoms. The van der Waals surface area contributed by atoms with E-state index in [1.807, 2.05) is 12.2 Å². The van der Waals surface area contributed by atoms with E-state index in [4.69, 9.17) is 9.47 Å². The Hall–Kier alpha value is -4.52. The molecule has 0 aromatic heterocycles. The lowest BCUT2D eigenvalue weighted by Gasteiger charge is -2.18. The number of hydrogen-bond acceptors (Lipinski definition) is 6. The number of carbonyl (C=O) groups is 4. The number of esters is 2. The van der Waals surface area contributed by atoms with Gasteiger partial charge in [0, 0.05) is 0 Å². The van der Waals surface area contributed by atoms with Gasteiger partial charge in [-0.3, -0.25) is 9.59 Å². The smallest absolute Gasteiger partial charge is 0.347 e. The Morgan fingerprint density at radius 2 is 1.39 bits per heavy atom. The molecule has 4 atom stereocenters. The summed E-state index contributed by atoms with van der Waals surface area (Å²) < 4.78 is 10.9. The van der Waals surface area contributed by atoms with Crippen molar-refractivity contribution >= 4 is 29.4 Å². The second-order valence-corrected chi connectivity index (χ2v) is 9.15. The van der Waals surface area contributed by atoms with Crippen molar-refractivity contribution in [3.63, 3.8) is 0 Å². The molecule has 2 bridgehead atoms. The number of amides is 2. The second-order valence-electron chi connectivity index (χ2n) is 9.15. The van der Waals surface area contributed by atoms with E-state index in [1.165, 1.54) is 29.2 Å². The Balaban J connectivity index is 1.22. The van der Waals surface area contributed by atoms with Gasteiger partial charge in [-0.25, -0.2) is 14.5 Å². The first-order valence-electron chi connectivity index (χ1n) is 11.8. The summed E-state index contributed by atoms with van der Waals surface area (Å²) in [6.07, 6.45) is 4.92. The van der Waals surface area contributed by atoms with Gasteiger partial charge in [-0.05, 0) is 60.7 Å². The molecule has 3 aromatic carbocycles. The summed E-state index contributed by atoms with van der Waals surface area (Å²) in [7, 11) is 0. The van der Waals surface area contributed by atoms with Crippen LogP contribution in [0.2, 0.25) is 0 Å². The molecule has 1 heterocycles. The lowest BCUT2D eigenvalue weighted by molar-refractivity contribution is -0.123. The van der Waals surface area contributed by atoms with E-state index in [-0.39, 0.29) is 52.4 Å². The lowest BCUT2D eigenvalue weighted by atomic mass is 9.85. The molecule has 7 heteroatoms. The van der Waals surface area contributed by atoms with Gasteiger partial charge in [0.05, 0.1) is 23.1 Å². The number of anilines is 1. The Kier molecular flexibility index (Phi) is 5.25. The zero-order valence-electron chi connectivity index (χ0n) is 19.1. The van der Waals surface area contributed by atoms with E-state index in [0.717, 1.165) is 6.42 Å². The maximum atomic E-state index is 13.1. The molecule has 1 saturated carbocycles. The van der Waals surface area contributed by atoms with Crippen molar-refractivity contribution in [3.8, 4) is 11.5 Å². The van der Waals surface area contributed by atoms with Crippen molar-refractivity contribution < 1.29 is 28.7 Å². The standard InChI is InChI=1S/C29H21NO6/c31-26-24-17-13-14-18(15-17)25(24)27(32)30(26)20-8-6-7-19(16-20)28(33)36-23-12-5-4-11-22(23)29(34)35-21-9-2-1-3-10-21/h1-14,16-18,24-25H,15H2/t17-,18-,24-,25-/m0/s1. The van der Waals surface area contributed by atoms with Crippen LogP contribution in [0.5, 0.6) is 11.5 Å². The van der Waals surface area contributed by atoms with Gasteiger partial charge in [-0.2, -0.15) is 0 Å². The lowest BCUT2D eigenvalue weighted by Crippen LogP contribution is -2.33. The highest BCUT2D eigenvalue weighted by molar-refractivity contribution is 6.23. The van der Waals surface area contributed by atoms with Gasteiger partial charge in [0.15, 0.2) is 0 Å². The molecule has 178 valence electrons. The number of benzene rings is 3. The van der Waals surface area contributed by atoms with E-state index in [1.54, 1.807) is 54.6 Å². The van der Waals surface area contributed by atoms with Gasteiger partial charge in [0.2, 0.25) is 11.8 Å². The monoisotopic (exact) mass is 479 g/mol. The summed E-state index contributed by atoms with van der Waals surface area (Å²) in [5, 5.41) is 0. The van der Waals surface area contributed by atoms with Crippen LogP contribution in [0.4, 0.5) is 5.69 Å². The average Bonchev–Trinajstić information content (AvgIpc) is 3.58. The molecule has 3 aromatic rings. The van der Waals surface area contributed by atoms with E-state index >= 15 is 0 Å². The molecule has 1 saturated heterocycles. The number of hydrogen-bond donors (Lipinski definition) is 0. The highest BCUT2D eigenvalue weighted by Crippen LogP contribution is 2.53. The SMILES string of the molecule is O=C(Oc1ccccc1C(=O)Oc1ccccc1)c1cccc(N2C(=O)[C@@H]3[C@@H](C2=O)[C@H]2C=C[C@H]3C2)c1. The summed E-state index contributed by atoms with van der Waals surface area (Å²) in [5.74, 6) is -1.88. The molecular weight excluding hydrogens is 458 g/mol. The van der Waals surface area contributed by atoms with E-state index in [9.17, 15) is 19.2 Å². The van der Waals surface area contributed by atoms with Gasteiger partial charge in [-0.1, -0.05) is 48.6 Å². The number of ether oxygens (including phenoxy) is 2. The first-order chi connectivity index (χ1) is 17.5. The molecule has 0 N–H and O–H groups in total. The molecule has 2 aliphatic carbocycles. The summed E-state index contributed by atoms with van der Waals surface area (Å²) in [6.45, 7) is 0. The van der Waals surface area contributed by atoms with Gasteiger partial charge in [-0.15, -0.1) is 0 Å². The molecule has 0 unspecified atom stereocenters. The highest BCUT2D eigenvalue weighted by Gasteiger charge is 2.59. The van der Waals surface area contributed by atoms with Crippen LogP contribution in [-0.4, -0.2) is 23.8 Å². The van der Waals surface area contributed by atoms with Gasteiger partial charge in [0.1, 0.15) is 17.1 Å². The molecular formula is C29H21NO6. The number of allylic oxidation sites excluding steroid dienone is 2. The van der Waals surface area contributed by atoms with Crippen LogP contribution in [-0.2, 0) is 9.59 Å². The Labute approximate surface area is 206 Å². The first-order valence-corrected chi connectivity index (χ1v) is 11.8. The third-order valence-electron chi connectivity index (χ3n) is 7.07. The van der Waals surface area contributed by atoms with Crippen molar-refractivity contribution in [1.82, 2.24) is 0 Å². The van der Waals surface area contributed by atoms with Crippen LogP contribution in [0.15, 0.2) is 91.0 Å². The fraction of sp³-hybridized carbons (Fsp3) is 0.172. The number of imide groups is 1. The molecule has 0 spiro atoms. The maximum absolute atomic E-state index is 13.1. The van der Waals surface area contributed by atoms with E-state index in [0.29, 0.717) is 11.4 Å². The molecule has 2 fully saturated rings. The van der Waals surface area contributed by atoms with Crippen molar-refractivity contribution in [3.05, 3.63) is 102 Å². The van der Waals surface area contributed by atoms with Crippen molar-refractivity contribution in [2.75, 3.05) is 4.90 Å². The van der Waals surface area contributed by atoms with Crippen molar-refractivity contribution in [2.45, 2.75) is 6.42 Å². The quantitative estimate of drug-likeness (QED) is 0.233. The van der Waals surface area contributed by atoms with Gasteiger partial charge in [0.25, 0.3) is 0 Å². The minimum atomic E-state index is -0.724. The number of carbonyl (C=O) groups excluding carboxylic acids is 4. The van der Waals surface area contributed by atoms with Crippen LogP contribution in [0.25, 0.3) is 0 Å². The molecule has 2 amide bonds. The third kappa shape index (κ3) is 3.60. The summed E-state index contributed by atoms with van der Waals surface area (Å²) in [4.78, 5) is 53.2. The van der Waals surface area contributed by atoms with E-state index < -0.39 is 11.9 Å². The van der Waals surface area contributed by atoms with Crippen molar-refractivity contribution in [1.29, 1.82) is 0 Å². The zero-order chi connectivity index (χ0) is 24.8. The van der Waals surface area contributed by atoms with Crippen LogP contribution in [0, 0.1) is 23.7 Å². The van der Waals surface area contributed by atoms with Gasteiger partial charge < -0.3 is 9.47 Å². The Morgan fingerprint density at radius 1 is 0.722 bits per heavy atom. The predicted octanol–water partition coefficient (Wildman–Crippen LogP) is 4.44. The topological polar surface area (TPSA) is 90.0 Å². The summed E-state index contributed by atoms with van der Waals surface area (Å²) in [5.41, 5.74) is 0.578. The maximum Gasteiger partial charge on any atom is 0.347 e. The zero-order valence-corrected chi connectivity index (χ0v) is 19.1. The van der Waals surface area contributed by atoms with Crippen LogP contribution >= 0.6 is 0 Å². The molecule has 7 nitrogen and oxygen atoms in total. The normalized spacial score (nSPS) is 23.6.